The van der Waals surface area contributed by atoms with Crippen molar-refractivity contribution in [2.75, 3.05) is 0 Å². The first-order valence-corrected chi connectivity index (χ1v) is 7.62. The number of halogens is 3. The lowest BCUT2D eigenvalue weighted by atomic mass is 10.3. The van der Waals surface area contributed by atoms with Crippen LogP contribution in [0, 0.1) is 5.82 Å². The second-order valence-electron chi connectivity index (χ2n) is 4.66. The summed E-state index contributed by atoms with van der Waals surface area (Å²) in [4.78, 5) is 4.50. The number of hydrogen-bond acceptors (Lipinski definition) is 3. The number of imidazole rings is 1. The maximum atomic E-state index is 13.8. The normalized spacial score (nSPS) is 13.0. The molecule has 110 valence electrons. The number of aryl methyl sites for hydroxylation is 2. The first-order valence-electron chi connectivity index (χ1n) is 6.39. The summed E-state index contributed by atoms with van der Waals surface area (Å²) in [5.74, 6) is 0.391. The summed E-state index contributed by atoms with van der Waals surface area (Å²) in [6, 6.07) is 3.13. The predicted octanol–water partition coefficient (Wildman–Crippen LogP) is 3.53. The van der Waals surface area contributed by atoms with Crippen LogP contribution in [0.4, 0.5) is 4.39 Å². The van der Waals surface area contributed by atoms with Gasteiger partial charge in [0.1, 0.15) is 11.6 Å². The lowest BCUT2D eigenvalue weighted by Crippen LogP contribution is -2.11. The molecule has 0 aliphatic rings. The minimum Gasteiger partial charge on any atom is -0.325 e. The monoisotopic (exact) mass is 371 g/mol. The fourth-order valence-electron chi connectivity index (χ4n) is 2.23. The van der Waals surface area contributed by atoms with Crippen molar-refractivity contribution in [2.24, 2.45) is 0 Å². The highest BCUT2D eigenvalue weighted by Gasteiger charge is 2.16. The van der Waals surface area contributed by atoms with Gasteiger partial charge >= 0.3 is 0 Å². The minimum absolute atomic E-state index is 0.269. The molecule has 0 amide bonds. The van der Waals surface area contributed by atoms with E-state index in [2.05, 4.69) is 31.2 Å². The summed E-state index contributed by atoms with van der Waals surface area (Å²) < 4.78 is 17.8. The molecule has 5 nitrogen and oxygen atoms in total. The summed E-state index contributed by atoms with van der Waals surface area (Å²) in [7, 11) is 0. The molecule has 1 atom stereocenters. The molecule has 0 fully saturated rings. The Morgan fingerprint density at radius 2 is 2.19 bits per heavy atom. The number of aromatic nitrogens is 5. The molecule has 1 aromatic carbocycles. The van der Waals surface area contributed by atoms with Gasteiger partial charge in [0.15, 0.2) is 0 Å². The zero-order chi connectivity index (χ0) is 15.0. The molecule has 21 heavy (non-hydrogen) atoms. The fraction of sp³-hybridized carbons (Fsp3) is 0.308. The molecule has 0 saturated carbocycles. The van der Waals surface area contributed by atoms with E-state index < -0.39 is 0 Å². The second-order valence-corrected chi connectivity index (χ2v) is 6.17. The van der Waals surface area contributed by atoms with Crippen molar-refractivity contribution in [1.29, 1.82) is 0 Å². The summed E-state index contributed by atoms with van der Waals surface area (Å²) in [6.45, 7) is 3.05. The highest BCUT2D eigenvalue weighted by molar-refractivity contribution is 9.10. The highest BCUT2D eigenvalue weighted by Crippen LogP contribution is 2.28. The van der Waals surface area contributed by atoms with Gasteiger partial charge in [-0.25, -0.2) is 9.37 Å². The molecule has 0 radical (unpaired) electrons. The molecular formula is C13H12BrClFN5. The van der Waals surface area contributed by atoms with Gasteiger partial charge in [-0.3, -0.25) is 4.68 Å². The standard InChI is InChI=1S/C13H12BrClFN5/c1-8(15)13-18-11-6-9(14)10(16)7-12(11)21(13)5-4-20-3-2-17-19-20/h2-3,6-8H,4-5H2,1H3. The van der Waals surface area contributed by atoms with Crippen LogP contribution in [-0.2, 0) is 13.1 Å². The number of nitrogens with zero attached hydrogens (tertiary/aromatic N) is 5. The maximum absolute atomic E-state index is 13.8. The van der Waals surface area contributed by atoms with Crippen LogP contribution in [0.3, 0.4) is 0 Å². The Morgan fingerprint density at radius 3 is 2.86 bits per heavy atom. The van der Waals surface area contributed by atoms with E-state index in [4.69, 9.17) is 11.6 Å². The molecule has 2 aromatic heterocycles. The van der Waals surface area contributed by atoms with Crippen molar-refractivity contribution < 1.29 is 4.39 Å². The second kappa shape index (κ2) is 5.73. The quantitative estimate of drug-likeness (QED) is 0.658. The average molecular weight is 373 g/mol. The topological polar surface area (TPSA) is 48.5 Å². The Kier molecular flexibility index (Phi) is 3.95. The van der Waals surface area contributed by atoms with Crippen LogP contribution in [-0.4, -0.2) is 24.5 Å². The number of fused-ring (bicyclic) bond motifs is 1. The fourth-order valence-corrected chi connectivity index (χ4v) is 2.73. The summed E-state index contributed by atoms with van der Waals surface area (Å²) in [5.41, 5.74) is 1.43. The van der Waals surface area contributed by atoms with Gasteiger partial charge in [-0.2, -0.15) is 0 Å². The van der Waals surface area contributed by atoms with Crippen LogP contribution in [0.5, 0.6) is 0 Å². The third kappa shape index (κ3) is 2.80. The van der Waals surface area contributed by atoms with Crippen molar-refractivity contribution in [3.05, 3.63) is 40.6 Å². The highest BCUT2D eigenvalue weighted by atomic mass is 79.9. The predicted molar refractivity (Wildman–Crippen MR) is 81.7 cm³/mol. The van der Waals surface area contributed by atoms with E-state index in [1.54, 1.807) is 23.1 Å². The van der Waals surface area contributed by atoms with Gasteiger partial charge in [0.25, 0.3) is 0 Å². The van der Waals surface area contributed by atoms with E-state index in [1.165, 1.54) is 6.07 Å². The van der Waals surface area contributed by atoms with Gasteiger partial charge in [-0.1, -0.05) is 5.21 Å². The molecule has 0 aliphatic heterocycles. The average Bonchev–Trinajstić information content (AvgIpc) is 3.05. The van der Waals surface area contributed by atoms with Crippen LogP contribution in [0.2, 0.25) is 0 Å². The van der Waals surface area contributed by atoms with Crippen molar-refractivity contribution in [2.45, 2.75) is 25.4 Å². The molecule has 0 saturated heterocycles. The van der Waals surface area contributed by atoms with E-state index in [9.17, 15) is 4.39 Å². The number of benzene rings is 1. The van der Waals surface area contributed by atoms with Crippen molar-refractivity contribution in [3.63, 3.8) is 0 Å². The molecular weight excluding hydrogens is 361 g/mol. The van der Waals surface area contributed by atoms with E-state index in [1.807, 2.05) is 11.5 Å². The SMILES string of the molecule is CC(Cl)c1nc2cc(Br)c(F)cc2n1CCn1ccnn1. The third-order valence-electron chi connectivity index (χ3n) is 3.20. The van der Waals surface area contributed by atoms with E-state index >= 15 is 0 Å². The largest absolute Gasteiger partial charge is 0.325 e. The molecule has 3 rings (SSSR count). The number of rotatable bonds is 4. The van der Waals surface area contributed by atoms with Gasteiger partial charge < -0.3 is 4.57 Å². The molecule has 0 N–H and O–H groups in total. The van der Waals surface area contributed by atoms with Crippen molar-refractivity contribution >= 4 is 38.6 Å². The van der Waals surface area contributed by atoms with Crippen LogP contribution in [0.25, 0.3) is 11.0 Å². The third-order valence-corrected chi connectivity index (χ3v) is 4.00. The lowest BCUT2D eigenvalue weighted by molar-refractivity contribution is 0.514. The van der Waals surface area contributed by atoms with Gasteiger partial charge in [0, 0.05) is 18.8 Å². The summed E-state index contributed by atoms with van der Waals surface area (Å²) in [5, 5.41) is 7.42. The Labute approximate surface area is 133 Å². The molecule has 2 heterocycles. The number of hydrogen-bond donors (Lipinski definition) is 0. The minimum atomic E-state index is -0.321. The van der Waals surface area contributed by atoms with Gasteiger partial charge in [-0.15, -0.1) is 16.7 Å². The zero-order valence-electron chi connectivity index (χ0n) is 11.2. The Bertz CT molecular complexity index is 769. The maximum Gasteiger partial charge on any atom is 0.139 e. The van der Waals surface area contributed by atoms with Gasteiger partial charge in [0.05, 0.1) is 33.6 Å². The van der Waals surface area contributed by atoms with Crippen LogP contribution in [0.1, 0.15) is 18.1 Å². The Balaban J connectivity index is 2.04. The van der Waals surface area contributed by atoms with Crippen LogP contribution < -0.4 is 0 Å². The van der Waals surface area contributed by atoms with Crippen LogP contribution >= 0.6 is 27.5 Å². The zero-order valence-corrected chi connectivity index (χ0v) is 13.5. The van der Waals surface area contributed by atoms with Crippen LogP contribution in [0.15, 0.2) is 29.0 Å². The van der Waals surface area contributed by atoms with E-state index in [-0.39, 0.29) is 11.2 Å². The summed E-state index contributed by atoms with van der Waals surface area (Å²) in [6.07, 6.45) is 3.40. The molecule has 0 spiro atoms. The van der Waals surface area contributed by atoms with E-state index in [0.29, 0.717) is 28.9 Å². The molecule has 0 bridgehead atoms. The van der Waals surface area contributed by atoms with Crippen molar-refractivity contribution in [1.82, 2.24) is 24.5 Å². The molecule has 8 heteroatoms. The smallest absolute Gasteiger partial charge is 0.139 e. The number of alkyl halides is 1. The van der Waals surface area contributed by atoms with E-state index in [0.717, 1.165) is 5.52 Å². The first-order chi connectivity index (χ1) is 10.1. The Hall–Kier alpha value is -1.47. The molecule has 1 unspecified atom stereocenters. The van der Waals surface area contributed by atoms with Gasteiger partial charge in [0.2, 0.25) is 0 Å². The molecule has 3 aromatic rings. The molecule has 0 aliphatic carbocycles. The van der Waals surface area contributed by atoms with Crippen molar-refractivity contribution in [3.8, 4) is 0 Å². The summed E-state index contributed by atoms with van der Waals surface area (Å²) >= 11 is 9.37. The van der Waals surface area contributed by atoms with Gasteiger partial charge in [-0.05, 0) is 28.9 Å². The Morgan fingerprint density at radius 1 is 1.38 bits per heavy atom. The lowest BCUT2D eigenvalue weighted by Gasteiger charge is -2.10. The first kappa shape index (κ1) is 14.5.